The lowest BCUT2D eigenvalue weighted by atomic mass is 9.95. The zero-order valence-corrected chi connectivity index (χ0v) is 33.5. The van der Waals surface area contributed by atoms with E-state index in [-0.39, 0.29) is 0 Å². The van der Waals surface area contributed by atoms with E-state index in [0.717, 1.165) is 25.7 Å². The number of ketones is 1. The van der Waals surface area contributed by atoms with Gasteiger partial charge < -0.3 is 5.11 Å². The first-order valence-electron chi connectivity index (χ1n) is 23.0. The third kappa shape index (κ3) is 35.6. The molecular formula is C47H90O2. The predicted octanol–water partition coefficient (Wildman–Crippen LogP) is 16.1. The van der Waals surface area contributed by atoms with Crippen LogP contribution >= 0.6 is 0 Å². The summed E-state index contributed by atoms with van der Waals surface area (Å²) in [4.78, 5) is 11.5. The molecule has 0 radical (unpaired) electrons. The molecule has 290 valence electrons. The van der Waals surface area contributed by atoms with Gasteiger partial charge in [-0.2, -0.15) is 0 Å². The summed E-state index contributed by atoms with van der Waals surface area (Å²) in [6.45, 7) is 4.62. The van der Waals surface area contributed by atoms with Gasteiger partial charge in [-0.1, -0.05) is 218 Å². The average molecular weight is 687 g/mol. The van der Waals surface area contributed by atoms with E-state index in [1.807, 2.05) is 0 Å². The normalized spacial score (nSPS) is 23.5. The minimum Gasteiger partial charge on any atom is -0.396 e. The van der Waals surface area contributed by atoms with Gasteiger partial charge in [-0.3, -0.25) is 4.79 Å². The maximum atomic E-state index is 11.5. The summed E-state index contributed by atoms with van der Waals surface area (Å²) in [5.74, 6) is 1.11. The fourth-order valence-corrected chi connectivity index (χ4v) is 8.14. The molecule has 3 aliphatic rings. The lowest BCUT2D eigenvalue weighted by Gasteiger charge is -2.13. The quantitative estimate of drug-likeness (QED) is 0.279. The molecule has 3 fully saturated rings. The van der Waals surface area contributed by atoms with Crippen molar-refractivity contribution in [1.82, 2.24) is 0 Å². The Balaban J connectivity index is 0.000000368. The SMILES string of the molecule is C=C1CCCCCCCCCCCCCC1.O=C1CCCCCCCCCCCCCC1.OCC1CCCCCCCCCCCCCC1. The van der Waals surface area contributed by atoms with Crippen molar-refractivity contribution in [2.45, 2.75) is 270 Å². The molecule has 0 heterocycles. The standard InChI is InChI=1S/C16H32O.C16H30.C15H28O/c17-15-16-13-11-9-7-5-3-1-2-4-6-8-10-12-14-16;1-16-14-12-10-8-6-4-2-3-5-7-9-11-13-15-16;16-15-13-11-9-7-5-3-1-2-4-6-8-10-12-14-15/h16-17H,1-15H2;1-15H2;1-14H2. The Morgan fingerprint density at radius 3 is 0.796 bits per heavy atom. The van der Waals surface area contributed by atoms with Crippen molar-refractivity contribution < 1.29 is 9.90 Å². The summed E-state index contributed by atoms with van der Waals surface area (Å²) in [7, 11) is 0. The molecule has 1 N–H and O–H groups in total. The smallest absolute Gasteiger partial charge is 0.132 e. The highest BCUT2D eigenvalue weighted by molar-refractivity contribution is 5.78. The Hall–Kier alpha value is -0.630. The van der Waals surface area contributed by atoms with Crippen LogP contribution in [0, 0.1) is 5.92 Å². The predicted molar refractivity (Wildman–Crippen MR) is 219 cm³/mol. The Morgan fingerprint density at radius 1 is 0.347 bits per heavy atom. The van der Waals surface area contributed by atoms with Crippen molar-refractivity contribution in [2.24, 2.45) is 5.92 Å². The number of aliphatic hydroxyl groups excluding tert-OH is 1. The first-order valence-corrected chi connectivity index (χ1v) is 23.0. The fraction of sp³-hybridized carbons (Fsp3) is 0.936. The molecule has 3 rings (SSSR count). The van der Waals surface area contributed by atoms with Crippen LogP contribution in [0.1, 0.15) is 270 Å². The molecule has 0 unspecified atom stereocenters. The van der Waals surface area contributed by atoms with E-state index in [1.165, 1.54) is 250 Å². The maximum Gasteiger partial charge on any atom is 0.132 e. The van der Waals surface area contributed by atoms with Gasteiger partial charge in [-0.05, 0) is 57.3 Å². The lowest BCUT2D eigenvalue weighted by molar-refractivity contribution is -0.119. The number of rotatable bonds is 1. The van der Waals surface area contributed by atoms with Gasteiger partial charge in [0, 0.05) is 19.4 Å². The summed E-state index contributed by atoms with van der Waals surface area (Å²) in [5, 5.41) is 9.34. The number of Topliss-reactive ketones (excluding diaryl/α,β-unsaturated/α-hetero) is 1. The first kappa shape index (κ1) is 46.4. The topological polar surface area (TPSA) is 37.3 Å². The molecule has 0 amide bonds. The van der Waals surface area contributed by atoms with Gasteiger partial charge in [0.15, 0.2) is 0 Å². The first-order chi connectivity index (χ1) is 24.2. The van der Waals surface area contributed by atoms with Gasteiger partial charge in [0.2, 0.25) is 0 Å². The largest absolute Gasteiger partial charge is 0.396 e. The van der Waals surface area contributed by atoms with Crippen LogP contribution < -0.4 is 0 Å². The second-order valence-electron chi connectivity index (χ2n) is 16.6. The van der Waals surface area contributed by atoms with Crippen molar-refractivity contribution in [3.8, 4) is 0 Å². The summed E-state index contributed by atoms with van der Waals surface area (Å²) in [5.41, 5.74) is 1.51. The molecular weight excluding hydrogens is 597 g/mol. The van der Waals surface area contributed by atoms with Crippen LogP contribution in [-0.2, 0) is 4.79 Å². The van der Waals surface area contributed by atoms with Crippen LogP contribution in [0.4, 0.5) is 0 Å². The molecule has 0 atom stereocenters. The van der Waals surface area contributed by atoms with Crippen LogP contribution in [-0.4, -0.2) is 17.5 Å². The average Bonchev–Trinajstić information content (AvgIpc) is 3.13. The lowest BCUT2D eigenvalue weighted by Crippen LogP contribution is -2.06. The summed E-state index contributed by atoms with van der Waals surface area (Å²) >= 11 is 0. The van der Waals surface area contributed by atoms with E-state index in [0.29, 0.717) is 18.3 Å². The van der Waals surface area contributed by atoms with Crippen LogP contribution in [0.2, 0.25) is 0 Å². The Kier molecular flexibility index (Phi) is 36.5. The molecule has 0 spiro atoms. The molecule has 0 bridgehead atoms. The molecule has 0 aromatic heterocycles. The number of carbonyl (C=O) groups excluding carboxylic acids is 1. The van der Waals surface area contributed by atoms with Crippen LogP contribution in [0.5, 0.6) is 0 Å². The van der Waals surface area contributed by atoms with E-state index in [4.69, 9.17) is 0 Å². The highest BCUT2D eigenvalue weighted by Gasteiger charge is 2.07. The Morgan fingerprint density at radius 2 is 0.551 bits per heavy atom. The van der Waals surface area contributed by atoms with Crippen LogP contribution in [0.25, 0.3) is 0 Å². The molecule has 0 aromatic rings. The zero-order chi connectivity index (χ0) is 35.1. The number of aliphatic hydroxyl groups is 1. The van der Waals surface area contributed by atoms with Crippen LogP contribution in [0.15, 0.2) is 12.2 Å². The molecule has 3 aliphatic carbocycles. The van der Waals surface area contributed by atoms with Crippen molar-refractivity contribution in [3.63, 3.8) is 0 Å². The molecule has 2 nitrogen and oxygen atoms in total. The van der Waals surface area contributed by atoms with E-state index in [1.54, 1.807) is 0 Å². The van der Waals surface area contributed by atoms with Gasteiger partial charge in [-0.25, -0.2) is 0 Å². The fourth-order valence-electron chi connectivity index (χ4n) is 8.14. The third-order valence-corrected chi connectivity index (χ3v) is 11.7. The maximum absolute atomic E-state index is 11.5. The van der Waals surface area contributed by atoms with Crippen molar-refractivity contribution >= 4 is 5.78 Å². The van der Waals surface area contributed by atoms with E-state index >= 15 is 0 Å². The van der Waals surface area contributed by atoms with Gasteiger partial charge in [0.05, 0.1) is 0 Å². The molecule has 3 saturated carbocycles. The Labute approximate surface area is 309 Å². The van der Waals surface area contributed by atoms with E-state index < -0.39 is 0 Å². The summed E-state index contributed by atoms with van der Waals surface area (Å²) < 4.78 is 0. The number of carbonyl (C=O) groups is 1. The number of allylic oxidation sites excluding steroid dienone is 1. The Bertz CT molecular complexity index is 592. The van der Waals surface area contributed by atoms with Gasteiger partial charge in [0.25, 0.3) is 0 Å². The summed E-state index contributed by atoms with van der Waals surface area (Å²) in [6.07, 6.45) is 57.1. The molecule has 0 aromatic carbocycles. The second-order valence-corrected chi connectivity index (χ2v) is 16.6. The third-order valence-electron chi connectivity index (χ3n) is 11.7. The van der Waals surface area contributed by atoms with Crippen molar-refractivity contribution in [1.29, 1.82) is 0 Å². The zero-order valence-electron chi connectivity index (χ0n) is 33.5. The van der Waals surface area contributed by atoms with Crippen molar-refractivity contribution in [2.75, 3.05) is 6.61 Å². The highest BCUT2D eigenvalue weighted by Crippen LogP contribution is 2.21. The second kappa shape index (κ2) is 38.6. The highest BCUT2D eigenvalue weighted by atomic mass is 16.3. The minimum absolute atomic E-state index is 0.417. The molecule has 2 heteroatoms. The number of hydrogen-bond acceptors (Lipinski definition) is 2. The van der Waals surface area contributed by atoms with Gasteiger partial charge >= 0.3 is 0 Å². The molecule has 49 heavy (non-hydrogen) atoms. The monoisotopic (exact) mass is 687 g/mol. The van der Waals surface area contributed by atoms with Gasteiger partial charge in [0.1, 0.15) is 5.78 Å². The van der Waals surface area contributed by atoms with E-state index in [2.05, 4.69) is 6.58 Å². The minimum atomic E-state index is 0.417. The van der Waals surface area contributed by atoms with Crippen LogP contribution in [0.3, 0.4) is 0 Å². The molecule has 0 saturated heterocycles. The van der Waals surface area contributed by atoms with E-state index in [9.17, 15) is 9.90 Å². The summed E-state index contributed by atoms with van der Waals surface area (Å²) in [6, 6.07) is 0. The number of hydrogen-bond donors (Lipinski definition) is 1. The molecule has 0 aliphatic heterocycles. The van der Waals surface area contributed by atoms with Crippen molar-refractivity contribution in [3.05, 3.63) is 12.2 Å². The van der Waals surface area contributed by atoms with Gasteiger partial charge in [-0.15, -0.1) is 0 Å².